The molecule has 0 spiro atoms. The Morgan fingerprint density at radius 1 is 1.40 bits per heavy atom. The van der Waals surface area contributed by atoms with Crippen molar-refractivity contribution in [1.29, 1.82) is 0 Å². The number of halogens is 1. The fourth-order valence-corrected chi connectivity index (χ4v) is 3.02. The molecule has 0 amide bonds. The van der Waals surface area contributed by atoms with E-state index in [4.69, 9.17) is 5.73 Å². The molecule has 2 rings (SSSR count). The average molecular weight is 409 g/mol. The van der Waals surface area contributed by atoms with Gasteiger partial charge in [0.2, 0.25) is 0 Å². The highest BCUT2D eigenvalue weighted by atomic mass is 127. The van der Waals surface area contributed by atoms with E-state index in [0.29, 0.717) is 0 Å². The van der Waals surface area contributed by atoms with E-state index in [-0.39, 0.29) is 24.0 Å². The topological polar surface area (TPSA) is 59.4 Å². The molecule has 0 atom stereocenters. The van der Waals surface area contributed by atoms with E-state index in [2.05, 4.69) is 19.4 Å². The summed E-state index contributed by atoms with van der Waals surface area (Å²) in [5.74, 6) is 4.12. The predicted molar refractivity (Wildman–Crippen MR) is 97.0 cm³/mol. The number of aliphatic imine (C=N–C) groups is 1. The van der Waals surface area contributed by atoms with Crippen molar-refractivity contribution in [3.05, 3.63) is 18.2 Å². The van der Waals surface area contributed by atoms with E-state index in [9.17, 15) is 0 Å². The third kappa shape index (κ3) is 5.51. The Morgan fingerprint density at radius 2 is 2.15 bits per heavy atom. The zero-order valence-electron chi connectivity index (χ0n) is 12.0. The Bertz CT molecular complexity index is 415. The van der Waals surface area contributed by atoms with Crippen molar-refractivity contribution in [1.82, 2.24) is 14.5 Å². The van der Waals surface area contributed by atoms with Gasteiger partial charge in [-0.3, -0.25) is 4.99 Å². The molecule has 0 radical (unpaired) electrons. The highest BCUT2D eigenvalue weighted by Gasteiger charge is 2.11. The Hall–Kier alpha value is -0.440. The van der Waals surface area contributed by atoms with Crippen LogP contribution in [0.15, 0.2) is 17.4 Å². The van der Waals surface area contributed by atoms with Gasteiger partial charge in [0.05, 0.1) is 0 Å². The van der Waals surface area contributed by atoms with E-state index in [1.54, 1.807) is 0 Å². The second kappa shape index (κ2) is 9.49. The number of imidazole rings is 1. The van der Waals surface area contributed by atoms with Gasteiger partial charge in [0.25, 0.3) is 0 Å². The van der Waals surface area contributed by atoms with Gasteiger partial charge in [0.1, 0.15) is 5.82 Å². The van der Waals surface area contributed by atoms with Crippen LogP contribution in [0.25, 0.3) is 0 Å². The number of guanidine groups is 1. The molecule has 2 N–H and O–H groups in total. The van der Waals surface area contributed by atoms with Crippen LogP contribution < -0.4 is 5.73 Å². The molecule has 1 aromatic rings. The standard InChI is InChI=1S/C13H23N5S.HI/c1-12-15-5-7-17(12)6-3-2-4-16-13(14)18-8-10-19-11-9-18;/h5,7H,2-4,6,8-11H2,1H3,(H2,14,16);1H. The van der Waals surface area contributed by atoms with Crippen molar-refractivity contribution >= 4 is 41.7 Å². The summed E-state index contributed by atoms with van der Waals surface area (Å²) in [7, 11) is 0. The zero-order valence-corrected chi connectivity index (χ0v) is 15.1. The van der Waals surface area contributed by atoms with Gasteiger partial charge in [0, 0.05) is 50.1 Å². The molecule has 1 aromatic heterocycles. The maximum Gasteiger partial charge on any atom is 0.191 e. The number of aryl methyl sites for hydroxylation is 2. The summed E-state index contributed by atoms with van der Waals surface area (Å²) >= 11 is 1.99. The van der Waals surface area contributed by atoms with Crippen LogP contribution in [0.1, 0.15) is 18.7 Å². The fourth-order valence-electron chi connectivity index (χ4n) is 2.12. The molecule has 0 unspecified atom stereocenters. The Labute approximate surface area is 142 Å². The Balaban J connectivity index is 0.00000200. The molecule has 0 saturated carbocycles. The van der Waals surface area contributed by atoms with Gasteiger partial charge in [-0.15, -0.1) is 24.0 Å². The highest BCUT2D eigenvalue weighted by Crippen LogP contribution is 2.08. The van der Waals surface area contributed by atoms with E-state index >= 15 is 0 Å². The fraction of sp³-hybridized carbons (Fsp3) is 0.692. The molecule has 2 heterocycles. The summed E-state index contributed by atoms with van der Waals surface area (Å²) in [6, 6.07) is 0. The maximum atomic E-state index is 6.00. The average Bonchev–Trinajstić information content (AvgIpc) is 2.85. The third-order valence-electron chi connectivity index (χ3n) is 3.34. The van der Waals surface area contributed by atoms with Crippen LogP contribution >= 0.6 is 35.7 Å². The number of hydrogen-bond donors (Lipinski definition) is 1. The molecular formula is C13H24IN5S. The number of nitrogens with two attached hydrogens (primary N) is 1. The zero-order chi connectivity index (χ0) is 13.5. The first-order valence-electron chi connectivity index (χ1n) is 6.88. The largest absolute Gasteiger partial charge is 0.370 e. The van der Waals surface area contributed by atoms with Gasteiger partial charge in [-0.25, -0.2) is 4.98 Å². The lowest BCUT2D eigenvalue weighted by Crippen LogP contribution is -2.42. The highest BCUT2D eigenvalue weighted by molar-refractivity contribution is 14.0. The Kier molecular flexibility index (Phi) is 8.35. The minimum Gasteiger partial charge on any atom is -0.370 e. The first-order chi connectivity index (χ1) is 9.27. The second-order valence-electron chi connectivity index (χ2n) is 4.71. The van der Waals surface area contributed by atoms with Gasteiger partial charge in [-0.1, -0.05) is 0 Å². The van der Waals surface area contributed by atoms with Crippen molar-refractivity contribution in [2.75, 3.05) is 31.1 Å². The molecule has 0 bridgehead atoms. The number of unbranched alkanes of at least 4 members (excludes halogenated alkanes) is 1. The molecule has 114 valence electrons. The van der Waals surface area contributed by atoms with Crippen molar-refractivity contribution in [2.45, 2.75) is 26.3 Å². The number of hydrogen-bond acceptors (Lipinski definition) is 3. The monoisotopic (exact) mass is 409 g/mol. The smallest absolute Gasteiger partial charge is 0.191 e. The van der Waals surface area contributed by atoms with Crippen LogP contribution in [0, 0.1) is 6.92 Å². The van der Waals surface area contributed by atoms with Crippen molar-refractivity contribution in [3.8, 4) is 0 Å². The molecule has 5 nitrogen and oxygen atoms in total. The number of nitrogens with zero attached hydrogens (tertiary/aromatic N) is 4. The van der Waals surface area contributed by atoms with Gasteiger partial charge in [-0.05, 0) is 19.8 Å². The summed E-state index contributed by atoms with van der Waals surface area (Å²) < 4.78 is 2.18. The predicted octanol–water partition coefficient (Wildman–Crippen LogP) is 1.95. The number of rotatable bonds is 5. The van der Waals surface area contributed by atoms with E-state index in [1.807, 2.05) is 31.1 Å². The first-order valence-corrected chi connectivity index (χ1v) is 8.03. The van der Waals surface area contributed by atoms with Crippen LogP contribution in [0.5, 0.6) is 0 Å². The molecule has 1 saturated heterocycles. The van der Waals surface area contributed by atoms with Crippen molar-refractivity contribution < 1.29 is 0 Å². The third-order valence-corrected chi connectivity index (χ3v) is 4.28. The molecule has 1 fully saturated rings. The lowest BCUT2D eigenvalue weighted by Gasteiger charge is -2.27. The minimum absolute atomic E-state index is 0. The van der Waals surface area contributed by atoms with Crippen LogP contribution in [-0.2, 0) is 6.54 Å². The summed E-state index contributed by atoms with van der Waals surface area (Å²) in [6.07, 6.45) is 6.06. The quantitative estimate of drug-likeness (QED) is 0.350. The molecule has 0 aliphatic carbocycles. The van der Waals surface area contributed by atoms with Gasteiger partial charge >= 0.3 is 0 Å². The second-order valence-corrected chi connectivity index (χ2v) is 5.94. The van der Waals surface area contributed by atoms with Crippen LogP contribution in [0.3, 0.4) is 0 Å². The molecule has 0 aromatic carbocycles. The van der Waals surface area contributed by atoms with E-state index in [0.717, 1.165) is 62.3 Å². The summed E-state index contributed by atoms with van der Waals surface area (Å²) in [5, 5.41) is 0. The number of thioether (sulfide) groups is 1. The normalized spacial score (nSPS) is 16.1. The van der Waals surface area contributed by atoms with Crippen LogP contribution in [0.4, 0.5) is 0 Å². The van der Waals surface area contributed by atoms with Gasteiger partial charge in [-0.2, -0.15) is 11.8 Å². The molecular weight excluding hydrogens is 385 g/mol. The lowest BCUT2D eigenvalue weighted by molar-refractivity contribution is 0.455. The van der Waals surface area contributed by atoms with Crippen LogP contribution in [-0.4, -0.2) is 51.6 Å². The summed E-state index contributed by atoms with van der Waals surface area (Å²) in [6.45, 7) is 5.94. The molecule has 20 heavy (non-hydrogen) atoms. The Morgan fingerprint density at radius 3 is 2.80 bits per heavy atom. The van der Waals surface area contributed by atoms with Gasteiger partial charge < -0.3 is 15.2 Å². The maximum absolute atomic E-state index is 6.00. The molecule has 1 aliphatic heterocycles. The van der Waals surface area contributed by atoms with Gasteiger partial charge in [0.15, 0.2) is 5.96 Å². The lowest BCUT2D eigenvalue weighted by atomic mass is 10.3. The first kappa shape index (κ1) is 17.6. The SMILES string of the molecule is Cc1nccn1CCCCN=C(N)N1CCSCC1.I. The van der Waals surface area contributed by atoms with Crippen molar-refractivity contribution in [2.24, 2.45) is 10.7 Å². The summed E-state index contributed by atoms with van der Waals surface area (Å²) in [5.41, 5.74) is 6.00. The van der Waals surface area contributed by atoms with E-state index < -0.39 is 0 Å². The molecule has 7 heteroatoms. The minimum atomic E-state index is 0. The van der Waals surface area contributed by atoms with Crippen molar-refractivity contribution in [3.63, 3.8) is 0 Å². The van der Waals surface area contributed by atoms with Crippen LogP contribution in [0.2, 0.25) is 0 Å². The number of aromatic nitrogens is 2. The van der Waals surface area contributed by atoms with E-state index in [1.165, 1.54) is 0 Å². The molecule has 1 aliphatic rings. The summed E-state index contributed by atoms with van der Waals surface area (Å²) in [4.78, 5) is 10.9.